The smallest absolute Gasteiger partial charge is 0.375 e. The molecule has 1 aromatic heterocycles. The van der Waals surface area contributed by atoms with Gasteiger partial charge in [0.2, 0.25) is 0 Å². The summed E-state index contributed by atoms with van der Waals surface area (Å²) in [6, 6.07) is 5.71. The largest absolute Gasteiger partial charge is 0.475 e. The molecule has 18 heavy (non-hydrogen) atoms. The van der Waals surface area contributed by atoms with Crippen molar-refractivity contribution in [3.63, 3.8) is 0 Å². The Bertz CT molecular complexity index is 645. The van der Waals surface area contributed by atoms with Gasteiger partial charge in [-0.25, -0.2) is 14.2 Å². The Morgan fingerprint density at radius 2 is 2.28 bits per heavy atom. The van der Waals surface area contributed by atoms with Crippen LogP contribution in [0, 0.1) is 17.1 Å². The monoisotopic (exact) mass is 246 g/mol. The molecule has 0 amide bonds. The highest BCUT2D eigenvalue weighted by Crippen LogP contribution is 2.11. The number of carboxylic acid groups (broad SMARTS) is 1. The normalized spacial score (nSPS) is 10.0. The Labute approximate surface area is 101 Å². The van der Waals surface area contributed by atoms with Crippen molar-refractivity contribution in [2.45, 2.75) is 6.42 Å². The third-order valence-corrected chi connectivity index (χ3v) is 2.18. The van der Waals surface area contributed by atoms with Crippen LogP contribution in [0.25, 0.3) is 0 Å². The lowest BCUT2D eigenvalue weighted by Gasteiger charge is -1.99. The second-order valence-corrected chi connectivity index (χ2v) is 3.55. The van der Waals surface area contributed by atoms with Gasteiger partial charge in [0.1, 0.15) is 11.6 Å². The summed E-state index contributed by atoms with van der Waals surface area (Å²) in [5.74, 6) is -1.82. The van der Waals surface area contributed by atoms with E-state index < -0.39 is 11.8 Å². The second kappa shape index (κ2) is 4.63. The van der Waals surface area contributed by atoms with Gasteiger partial charge < -0.3 is 5.11 Å². The molecule has 0 radical (unpaired) electrons. The van der Waals surface area contributed by atoms with Crippen LogP contribution >= 0.6 is 0 Å². The molecule has 0 fully saturated rings. The molecule has 0 aliphatic heterocycles. The molecule has 1 heterocycles. The number of carbonyl (C=O) groups is 1. The summed E-state index contributed by atoms with van der Waals surface area (Å²) < 4.78 is 13.2. The quantitative estimate of drug-likeness (QED) is 0.844. The standard InChI is InChI=1S/C11H7FN4O2/c12-8-2-6(1-7(3-8)5-13)4-9-14-10(11(17)18)16-15-9/h1-3H,4H2,(H,17,18)(H,14,15,16). The van der Waals surface area contributed by atoms with Crippen LogP contribution in [0.4, 0.5) is 4.39 Å². The van der Waals surface area contributed by atoms with Gasteiger partial charge >= 0.3 is 5.97 Å². The average molecular weight is 246 g/mol. The number of aromatic carboxylic acids is 1. The van der Waals surface area contributed by atoms with Crippen LogP contribution in [0.1, 0.15) is 27.6 Å². The summed E-state index contributed by atoms with van der Waals surface area (Å²) in [5, 5.41) is 23.3. The van der Waals surface area contributed by atoms with Crippen LogP contribution in [0.5, 0.6) is 0 Å². The van der Waals surface area contributed by atoms with Crippen LogP contribution in [0.2, 0.25) is 0 Å². The van der Waals surface area contributed by atoms with E-state index >= 15 is 0 Å². The number of hydrogen-bond acceptors (Lipinski definition) is 4. The molecule has 2 N–H and O–H groups in total. The van der Waals surface area contributed by atoms with E-state index in [-0.39, 0.29) is 17.8 Å². The fraction of sp³-hybridized carbons (Fsp3) is 0.0909. The molecular weight excluding hydrogens is 239 g/mol. The van der Waals surface area contributed by atoms with Crippen LogP contribution < -0.4 is 0 Å². The molecular formula is C11H7FN4O2. The van der Waals surface area contributed by atoms with E-state index in [1.807, 2.05) is 6.07 Å². The van der Waals surface area contributed by atoms with Gasteiger partial charge in [-0.1, -0.05) is 0 Å². The maximum Gasteiger partial charge on any atom is 0.375 e. The molecule has 0 aliphatic rings. The summed E-state index contributed by atoms with van der Waals surface area (Å²) in [5.41, 5.74) is 0.711. The van der Waals surface area contributed by atoms with E-state index in [0.29, 0.717) is 11.4 Å². The molecule has 0 atom stereocenters. The zero-order valence-corrected chi connectivity index (χ0v) is 9.01. The first-order chi connectivity index (χ1) is 8.58. The van der Waals surface area contributed by atoms with Crippen molar-refractivity contribution in [3.8, 4) is 6.07 Å². The van der Waals surface area contributed by atoms with Crippen molar-refractivity contribution < 1.29 is 14.3 Å². The molecule has 6 nitrogen and oxygen atoms in total. The van der Waals surface area contributed by atoms with Gasteiger partial charge in [0.05, 0.1) is 11.6 Å². The molecule has 0 saturated carbocycles. The average Bonchev–Trinajstić information content (AvgIpc) is 2.76. The number of benzene rings is 1. The van der Waals surface area contributed by atoms with Crippen molar-refractivity contribution in [1.29, 1.82) is 5.26 Å². The van der Waals surface area contributed by atoms with E-state index in [4.69, 9.17) is 10.4 Å². The van der Waals surface area contributed by atoms with Crippen molar-refractivity contribution in [2.75, 3.05) is 0 Å². The summed E-state index contributed by atoms with van der Waals surface area (Å²) in [4.78, 5) is 14.3. The molecule has 0 saturated heterocycles. The SMILES string of the molecule is N#Cc1cc(F)cc(Cc2nc(C(=O)O)n[nH]2)c1. The fourth-order valence-electron chi connectivity index (χ4n) is 1.48. The van der Waals surface area contributed by atoms with Crippen molar-refractivity contribution in [2.24, 2.45) is 0 Å². The van der Waals surface area contributed by atoms with E-state index in [1.54, 1.807) is 0 Å². The Kier molecular flexibility index (Phi) is 3.02. The zero-order valence-electron chi connectivity index (χ0n) is 9.01. The van der Waals surface area contributed by atoms with E-state index in [2.05, 4.69) is 15.2 Å². The first-order valence-corrected chi connectivity index (χ1v) is 4.92. The maximum atomic E-state index is 13.2. The Morgan fingerprint density at radius 1 is 1.50 bits per heavy atom. The van der Waals surface area contributed by atoms with E-state index in [0.717, 1.165) is 6.07 Å². The Balaban J connectivity index is 2.25. The third kappa shape index (κ3) is 2.49. The Morgan fingerprint density at radius 3 is 2.89 bits per heavy atom. The predicted molar refractivity (Wildman–Crippen MR) is 57.3 cm³/mol. The van der Waals surface area contributed by atoms with E-state index in [9.17, 15) is 9.18 Å². The number of aromatic nitrogens is 3. The van der Waals surface area contributed by atoms with Crippen LogP contribution in [-0.4, -0.2) is 26.3 Å². The zero-order chi connectivity index (χ0) is 13.1. The number of nitriles is 1. The number of halogens is 1. The molecule has 7 heteroatoms. The van der Waals surface area contributed by atoms with E-state index in [1.165, 1.54) is 12.1 Å². The third-order valence-electron chi connectivity index (χ3n) is 2.18. The summed E-state index contributed by atoms with van der Waals surface area (Å²) >= 11 is 0. The number of rotatable bonds is 3. The number of hydrogen-bond donors (Lipinski definition) is 2. The lowest BCUT2D eigenvalue weighted by Crippen LogP contribution is -1.99. The minimum Gasteiger partial charge on any atom is -0.475 e. The Hall–Kier alpha value is -2.75. The summed E-state index contributed by atoms with van der Waals surface area (Å²) in [6.45, 7) is 0. The van der Waals surface area contributed by atoms with Crippen molar-refractivity contribution >= 4 is 5.97 Å². The topological polar surface area (TPSA) is 103 Å². The van der Waals surface area contributed by atoms with Gasteiger partial charge in [0.25, 0.3) is 5.82 Å². The lowest BCUT2D eigenvalue weighted by molar-refractivity contribution is 0.0684. The minimum absolute atomic E-state index is 0.173. The number of aromatic amines is 1. The summed E-state index contributed by atoms with van der Waals surface area (Å²) in [7, 11) is 0. The molecule has 0 spiro atoms. The highest BCUT2D eigenvalue weighted by Gasteiger charge is 2.11. The predicted octanol–water partition coefficient (Wildman–Crippen LogP) is 1.10. The van der Waals surface area contributed by atoms with Crippen LogP contribution in [0.15, 0.2) is 18.2 Å². The van der Waals surface area contributed by atoms with Crippen molar-refractivity contribution in [3.05, 3.63) is 46.8 Å². The van der Waals surface area contributed by atoms with Gasteiger partial charge in [-0.05, 0) is 23.8 Å². The van der Waals surface area contributed by atoms with Gasteiger partial charge in [-0.15, -0.1) is 5.10 Å². The second-order valence-electron chi connectivity index (χ2n) is 3.55. The molecule has 90 valence electrons. The highest BCUT2D eigenvalue weighted by atomic mass is 19.1. The van der Waals surface area contributed by atoms with Crippen LogP contribution in [0.3, 0.4) is 0 Å². The number of carboxylic acids is 1. The fourth-order valence-corrected chi connectivity index (χ4v) is 1.48. The first kappa shape index (κ1) is 11.7. The molecule has 0 aliphatic carbocycles. The lowest BCUT2D eigenvalue weighted by atomic mass is 10.1. The maximum absolute atomic E-state index is 13.2. The van der Waals surface area contributed by atoms with Crippen LogP contribution in [-0.2, 0) is 6.42 Å². The van der Waals surface area contributed by atoms with Gasteiger partial charge in [-0.2, -0.15) is 5.26 Å². The van der Waals surface area contributed by atoms with Crippen molar-refractivity contribution in [1.82, 2.24) is 15.2 Å². The number of nitrogens with zero attached hydrogens (tertiary/aromatic N) is 3. The molecule has 2 rings (SSSR count). The van der Waals surface area contributed by atoms with Gasteiger partial charge in [0, 0.05) is 6.42 Å². The molecule has 2 aromatic rings. The first-order valence-electron chi connectivity index (χ1n) is 4.92. The number of nitrogens with one attached hydrogen (secondary N) is 1. The molecule has 0 unspecified atom stereocenters. The number of H-pyrrole nitrogens is 1. The van der Waals surface area contributed by atoms with Gasteiger partial charge in [0.15, 0.2) is 0 Å². The molecule has 1 aromatic carbocycles. The molecule has 0 bridgehead atoms. The highest BCUT2D eigenvalue weighted by molar-refractivity contribution is 5.82. The minimum atomic E-state index is -1.24. The summed E-state index contributed by atoms with van der Waals surface area (Å²) in [6.07, 6.45) is 0.173. The van der Waals surface area contributed by atoms with Gasteiger partial charge in [-0.3, -0.25) is 5.10 Å².